The van der Waals surface area contributed by atoms with Crippen LogP contribution in [0.3, 0.4) is 0 Å². The second kappa shape index (κ2) is 11.0. The lowest BCUT2D eigenvalue weighted by Gasteiger charge is -2.08. The summed E-state index contributed by atoms with van der Waals surface area (Å²) in [7, 11) is 0. The Hall–Kier alpha value is -3.86. The van der Waals surface area contributed by atoms with E-state index in [1.807, 2.05) is 30.3 Å². The van der Waals surface area contributed by atoms with E-state index in [0.717, 1.165) is 0 Å². The van der Waals surface area contributed by atoms with E-state index < -0.39 is 24.4 Å². The number of nitriles is 1. The van der Waals surface area contributed by atoms with Crippen LogP contribution in [0.25, 0.3) is 0 Å². The van der Waals surface area contributed by atoms with Gasteiger partial charge in [-0.15, -0.1) is 0 Å². The van der Waals surface area contributed by atoms with Crippen LogP contribution in [0.5, 0.6) is 5.75 Å². The molecule has 0 aliphatic rings. The van der Waals surface area contributed by atoms with Gasteiger partial charge >= 0.3 is 5.97 Å². The van der Waals surface area contributed by atoms with Crippen molar-refractivity contribution in [1.82, 2.24) is 5.32 Å². The van der Waals surface area contributed by atoms with E-state index in [-0.39, 0.29) is 18.5 Å². The predicted octanol–water partition coefficient (Wildman–Crippen LogP) is 1.89. The van der Waals surface area contributed by atoms with Crippen molar-refractivity contribution < 1.29 is 23.9 Å². The molecule has 0 aliphatic carbocycles. The summed E-state index contributed by atoms with van der Waals surface area (Å²) < 4.78 is 10.4. The molecule has 0 saturated carbocycles. The summed E-state index contributed by atoms with van der Waals surface area (Å²) >= 11 is 0. The molecule has 28 heavy (non-hydrogen) atoms. The molecule has 2 rings (SSSR count). The van der Waals surface area contributed by atoms with E-state index in [1.165, 1.54) is 24.3 Å². The minimum absolute atomic E-state index is 0.235. The first-order valence-corrected chi connectivity index (χ1v) is 8.47. The second-order valence-electron chi connectivity index (χ2n) is 5.55. The van der Waals surface area contributed by atoms with Gasteiger partial charge in [0.2, 0.25) is 5.91 Å². The van der Waals surface area contributed by atoms with Crippen molar-refractivity contribution in [2.24, 2.45) is 0 Å². The molecule has 2 aromatic carbocycles. The molecule has 0 saturated heterocycles. The van der Waals surface area contributed by atoms with E-state index >= 15 is 0 Å². The summed E-state index contributed by atoms with van der Waals surface area (Å²) in [5.74, 6) is -0.836. The smallest absolute Gasteiger partial charge is 0.338 e. The van der Waals surface area contributed by atoms with Gasteiger partial charge in [0, 0.05) is 5.69 Å². The Bertz CT molecular complexity index is 844. The number of hydrogen-bond acceptors (Lipinski definition) is 6. The van der Waals surface area contributed by atoms with Crippen LogP contribution in [0.4, 0.5) is 5.69 Å². The SMILES string of the molecule is N#CCC(=O)Nc1ccc(C(=O)OCC(=O)NCCOc2ccccc2)cc1. The number of para-hydroxylation sites is 1. The number of anilines is 1. The Labute approximate surface area is 162 Å². The third-order valence-electron chi connectivity index (χ3n) is 3.41. The molecule has 0 unspecified atom stereocenters. The number of carbonyl (C=O) groups is 3. The number of carbonyl (C=O) groups excluding carboxylic acids is 3. The number of amides is 2. The fraction of sp³-hybridized carbons (Fsp3) is 0.200. The molecule has 0 fully saturated rings. The largest absolute Gasteiger partial charge is 0.492 e. The Morgan fingerprint density at radius 2 is 1.68 bits per heavy atom. The normalized spacial score (nSPS) is 9.68. The Morgan fingerprint density at radius 1 is 0.964 bits per heavy atom. The lowest BCUT2D eigenvalue weighted by Crippen LogP contribution is -2.32. The van der Waals surface area contributed by atoms with Crippen LogP contribution in [0, 0.1) is 11.3 Å². The molecule has 2 aromatic rings. The zero-order valence-electron chi connectivity index (χ0n) is 15.0. The van der Waals surface area contributed by atoms with Crippen molar-refractivity contribution in [2.75, 3.05) is 25.1 Å². The fourth-order valence-electron chi connectivity index (χ4n) is 2.11. The number of esters is 1. The molecule has 0 aliphatic heterocycles. The zero-order valence-corrected chi connectivity index (χ0v) is 15.0. The number of benzene rings is 2. The van der Waals surface area contributed by atoms with Gasteiger partial charge in [0.1, 0.15) is 18.8 Å². The molecule has 0 radical (unpaired) electrons. The average Bonchev–Trinajstić information content (AvgIpc) is 2.71. The number of rotatable bonds is 9. The van der Waals surface area contributed by atoms with E-state index in [0.29, 0.717) is 18.0 Å². The van der Waals surface area contributed by atoms with Crippen molar-refractivity contribution in [2.45, 2.75) is 6.42 Å². The molecular weight excluding hydrogens is 362 g/mol. The van der Waals surface area contributed by atoms with Gasteiger partial charge in [0.05, 0.1) is 18.2 Å². The summed E-state index contributed by atoms with van der Waals surface area (Å²) in [4.78, 5) is 35.0. The van der Waals surface area contributed by atoms with Crippen LogP contribution in [0.15, 0.2) is 54.6 Å². The Morgan fingerprint density at radius 3 is 2.36 bits per heavy atom. The third-order valence-corrected chi connectivity index (χ3v) is 3.41. The van der Waals surface area contributed by atoms with E-state index in [1.54, 1.807) is 6.07 Å². The van der Waals surface area contributed by atoms with E-state index in [9.17, 15) is 14.4 Å². The van der Waals surface area contributed by atoms with Gasteiger partial charge < -0.3 is 20.1 Å². The molecule has 0 heterocycles. The molecule has 8 nitrogen and oxygen atoms in total. The fourth-order valence-corrected chi connectivity index (χ4v) is 2.11. The highest BCUT2D eigenvalue weighted by Gasteiger charge is 2.10. The summed E-state index contributed by atoms with van der Waals surface area (Å²) in [5.41, 5.74) is 0.687. The van der Waals surface area contributed by atoms with Crippen molar-refractivity contribution >= 4 is 23.5 Å². The minimum Gasteiger partial charge on any atom is -0.492 e. The third kappa shape index (κ3) is 7.17. The summed E-state index contributed by atoms with van der Waals surface area (Å²) in [5, 5.41) is 13.5. The maximum absolute atomic E-state index is 11.9. The lowest BCUT2D eigenvalue weighted by molar-refractivity contribution is -0.124. The topological polar surface area (TPSA) is 118 Å². The molecule has 0 spiro atoms. The number of nitrogens with zero attached hydrogens (tertiary/aromatic N) is 1. The van der Waals surface area contributed by atoms with E-state index in [2.05, 4.69) is 10.6 Å². The molecular formula is C20H19N3O5. The van der Waals surface area contributed by atoms with Crippen molar-refractivity contribution in [3.8, 4) is 11.8 Å². The molecule has 0 bridgehead atoms. The maximum atomic E-state index is 11.9. The first kappa shape index (κ1) is 20.5. The number of nitrogens with one attached hydrogen (secondary N) is 2. The summed E-state index contributed by atoms with van der Waals surface area (Å²) in [6.45, 7) is 0.163. The first-order valence-electron chi connectivity index (χ1n) is 8.47. The lowest BCUT2D eigenvalue weighted by atomic mass is 10.2. The number of hydrogen-bond donors (Lipinski definition) is 2. The van der Waals surface area contributed by atoms with Gasteiger partial charge in [-0.3, -0.25) is 9.59 Å². The van der Waals surface area contributed by atoms with Crippen molar-refractivity contribution in [1.29, 1.82) is 5.26 Å². The molecule has 0 atom stereocenters. The quantitative estimate of drug-likeness (QED) is 0.506. The minimum atomic E-state index is -0.661. The molecule has 2 amide bonds. The van der Waals surface area contributed by atoms with Crippen LogP contribution in [-0.4, -0.2) is 37.5 Å². The van der Waals surface area contributed by atoms with Gasteiger partial charge in [-0.25, -0.2) is 4.79 Å². The molecule has 8 heteroatoms. The van der Waals surface area contributed by atoms with Gasteiger partial charge in [-0.05, 0) is 36.4 Å². The van der Waals surface area contributed by atoms with Crippen LogP contribution in [-0.2, 0) is 14.3 Å². The van der Waals surface area contributed by atoms with Crippen LogP contribution in [0.1, 0.15) is 16.8 Å². The first-order chi connectivity index (χ1) is 13.6. The summed E-state index contributed by atoms with van der Waals surface area (Å²) in [6, 6.07) is 16.9. The van der Waals surface area contributed by atoms with Gasteiger partial charge in [-0.2, -0.15) is 5.26 Å². The highest BCUT2D eigenvalue weighted by molar-refractivity contribution is 5.94. The van der Waals surface area contributed by atoms with Crippen LogP contribution >= 0.6 is 0 Å². The van der Waals surface area contributed by atoms with Crippen LogP contribution in [0.2, 0.25) is 0 Å². The van der Waals surface area contributed by atoms with Gasteiger partial charge in [0.15, 0.2) is 6.61 Å². The van der Waals surface area contributed by atoms with Gasteiger partial charge in [-0.1, -0.05) is 18.2 Å². The summed E-state index contributed by atoms with van der Waals surface area (Å²) in [6.07, 6.45) is -0.255. The van der Waals surface area contributed by atoms with E-state index in [4.69, 9.17) is 14.7 Å². The van der Waals surface area contributed by atoms with Crippen molar-refractivity contribution in [3.05, 3.63) is 60.2 Å². The predicted molar refractivity (Wildman–Crippen MR) is 101 cm³/mol. The van der Waals surface area contributed by atoms with Gasteiger partial charge in [0.25, 0.3) is 5.91 Å². The Kier molecular flexibility index (Phi) is 8.02. The Balaban J connectivity index is 1.67. The molecule has 0 aromatic heterocycles. The molecule has 2 N–H and O–H groups in total. The van der Waals surface area contributed by atoms with Crippen molar-refractivity contribution in [3.63, 3.8) is 0 Å². The average molecular weight is 381 g/mol. The molecule has 144 valence electrons. The zero-order chi connectivity index (χ0) is 20.2. The highest BCUT2D eigenvalue weighted by atomic mass is 16.5. The number of ether oxygens (including phenoxy) is 2. The maximum Gasteiger partial charge on any atom is 0.338 e. The van der Waals surface area contributed by atoms with Crippen LogP contribution < -0.4 is 15.4 Å². The highest BCUT2D eigenvalue weighted by Crippen LogP contribution is 2.11. The second-order valence-corrected chi connectivity index (χ2v) is 5.55. The standard InChI is InChI=1S/C20H19N3O5/c21-11-10-18(24)23-16-8-6-15(7-9-16)20(26)28-14-19(25)22-12-13-27-17-4-2-1-3-5-17/h1-9H,10,12-14H2,(H,22,25)(H,23,24). The monoisotopic (exact) mass is 381 g/mol.